The summed E-state index contributed by atoms with van der Waals surface area (Å²) < 4.78 is 40.3. The monoisotopic (exact) mass is 491 g/mol. The highest BCUT2D eigenvalue weighted by molar-refractivity contribution is 5.98. The maximum Gasteiger partial charge on any atom is 0.405 e. The summed E-state index contributed by atoms with van der Waals surface area (Å²) in [6.45, 7) is 5.56. The molecule has 3 aromatic heterocycles. The minimum absolute atomic E-state index is 0.0574. The third kappa shape index (κ3) is 6.40. The third-order valence-corrected chi connectivity index (χ3v) is 5.18. The van der Waals surface area contributed by atoms with Crippen LogP contribution in [-0.2, 0) is 4.79 Å². The van der Waals surface area contributed by atoms with Gasteiger partial charge in [0.05, 0.1) is 23.8 Å². The average molecular weight is 492 g/mol. The zero-order chi connectivity index (χ0) is 25.9. The Morgan fingerprint density at radius 2 is 1.86 bits per heavy atom. The maximum absolute atomic E-state index is 13.4. The topological polar surface area (TPSA) is 129 Å². The van der Waals surface area contributed by atoms with Gasteiger partial charge < -0.3 is 26.3 Å². The number of nitrogens with zero attached hydrogens (tertiary/aromatic N) is 3. The molecular weight excluding hydrogens is 463 g/mol. The molecule has 3 heterocycles. The number of hydrogen-bond donors (Lipinski definition) is 4. The van der Waals surface area contributed by atoms with Crippen molar-refractivity contribution in [3.63, 3.8) is 0 Å². The second-order valence-corrected chi connectivity index (χ2v) is 8.84. The Morgan fingerprint density at radius 3 is 2.46 bits per heavy atom. The molecule has 12 heteroatoms. The van der Waals surface area contributed by atoms with Crippen molar-refractivity contribution in [3.05, 3.63) is 36.9 Å². The summed E-state index contributed by atoms with van der Waals surface area (Å²) in [6, 6.07) is 1.59. The first-order valence-corrected chi connectivity index (χ1v) is 11.0. The standard InChI is InChI=1S/C23H28F3N7O2/c1-12(2)19(20(27)34)33(11-23(24,25)26)16-5-14(7-28-9-16)18-10-30-21-17(18)6-15(8-29-21)32-22(35)31-13(3)4/h5-10,12-13,19H,11H2,1-4H3,(H2,27,34)(H,29,30)(H2,31,32,35)/t19-/m0/s1. The number of alkyl halides is 3. The van der Waals surface area contributed by atoms with Crippen molar-refractivity contribution < 1.29 is 22.8 Å². The number of urea groups is 1. The van der Waals surface area contributed by atoms with Crippen LogP contribution >= 0.6 is 0 Å². The van der Waals surface area contributed by atoms with Gasteiger partial charge in [0.2, 0.25) is 5.91 Å². The van der Waals surface area contributed by atoms with Crippen molar-refractivity contribution in [1.29, 1.82) is 0 Å². The summed E-state index contributed by atoms with van der Waals surface area (Å²) in [5.41, 5.74) is 7.64. The summed E-state index contributed by atoms with van der Waals surface area (Å²) in [4.78, 5) is 36.5. The Labute approximate surface area is 200 Å². The lowest BCUT2D eigenvalue weighted by Crippen LogP contribution is -2.51. The number of carbonyl (C=O) groups excluding carboxylic acids is 2. The SMILES string of the molecule is CC(C)NC(=O)Nc1cnc2[nH]cc(-c3cncc(N(CC(F)(F)F)[C@H](C(N)=O)C(C)C)c3)c2c1. The molecule has 0 radical (unpaired) electrons. The number of halogens is 3. The van der Waals surface area contributed by atoms with Gasteiger partial charge in [-0.25, -0.2) is 9.78 Å². The van der Waals surface area contributed by atoms with E-state index in [2.05, 4.69) is 25.6 Å². The molecule has 0 aliphatic rings. The van der Waals surface area contributed by atoms with E-state index in [4.69, 9.17) is 5.73 Å². The van der Waals surface area contributed by atoms with Crippen molar-refractivity contribution in [2.45, 2.75) is 46.0 Å². The van der Waals surface area contributed by atoms with Crippen molar-refractivity contribution in [2.24, 2.45) is 11.7 Å². The number of rotatable bonds is 8. The van der Waals surface area contributed by atoms with Crippen LogP contribution in [0.1, 0.15) is 27.7 Å². The normalized spacial score (nSPS) is 12.7. The highest BCUT2D eigenvalue weighted by Crippen LogP contribution is 2.33. The van der Waals surface area contributed by atoms with Crippen LogP contribution in [-0.4, -0.2) is 51.7 Å². The molecule has 5 N–H and O–H groups in total. The Bertz CT molecular complexity index is 1210. The molecular formula is C23H28F3N7O2. The largest absolute Gasteiger partial charge is 0.405 e. The number of amides is 3. The molecule has 0 fully saturated rings. The zero-order valence-electron chi connectivity index (χ0n) is 19.8. The quantitative estimate of drug-likeness (QED) is 0.378. The summed E-state index contributed by atoms with van der Waals surface area (Å²) in [7, 11) is 0. The van der Waals surface area contributed by atoms with E-state index in [0.717, 1.165) is 4.90 Å². The van der Waals surface area contributed by atoms with Gasteiger partial charge in [-0.1, -0.05) is 13.8 Å². The van der Waals surface area contributed by atoms with Crippen LogP contribution in [0.2, 0.25) is 0 Å². The van der Waals surface area contributed by atoms with E-state index in [1.807, 2.05) is 13.8 Å². The molecule has 0 spiro atoms. The van der Waals surface area contributed by atoms with E-state index in [1.54, 1.807) is 26.1 Å². The van der Waals surface area contributed by atoms with Crippen LogP contribution in [0.4, 0.5) is 29.3 Å². The lowest BCUT2D eigenvalue weighted by molar-refractivity contribution is -0.126. The van der Waals surface area contributed by atoms with Crippen LogP contribution in [0.15, 0.2) is 36.9 Å². The van der Waals surface area contributed by atoms with E-state index < -0.39 is 36.6 Å². The fourth-order valence-corrected chi connectivity index (χ4v) is 3.86. The Kier molecular flexibility index (Phi) is 7.51. The van der Waals surface area contributed by atoms with E-state index in [1.165, 1.54) is 24.7 Å². The zero-order valence-corrected chi connectivity index (χ0v) is 19.8. The fourth-order valence-electron chi connectivity index (χ4n) is 3.86. The maximum atomic E-state index is 13.4. The number of anilines is 2. The molecule has 3 rings (SSSR count). The first-order valence-electron chi connectivity index (χ1n) is 11.0. The van der Waals surface area contributed by atoms with Crippen molar-refractivity contribution in [3.8, 4) is 11.1 Å². The minimum Gasteiger partial charge on any atom is -0.368 e. The summed E-state index contributed by atoms with van der Waals surface area (Å²) in [5.74, 6) is -1.33. The Morgan fingerprint density at radius 1 is 1.14 bits per heavy atom. The van der Waals surface area contributed by atoms with Gasteiger partial charge in [-0.2, -0.15) is 13.2 Å². The van der Waals surface area contributed by atoms with Crippen LogP contribution in [0.25, 0.3) is 22.2 Å². The minimum atomic E-state index is -4.57. The van der Waals surface area contributed by atoms with Gasteiger partial charge in [0.25, 0.3) is 0 Å². The number of H-pyrrole nitrogens is 1. The molecule has 0 bridgehead atoms. The smallest absolute Gasteiger partial charge is 0.368 e. The van der Waals surface area contributed by atoms with Crippen LogP contribution in [0.5, 0.6) is 0 Å². The molecule has 3 aromatic rings. The number of primary amides is 1. The second kappa shape index (κ2) is 10.2. The van der Waals surface area contributed by atoms with Gasteiger partial charge >= 0.3 is 12.2 Å². The van der Waals surface area contributed by atoms with Crippen LogP contribution in [0, 0.1) is 5.92 Å². The van der Waals surface area contributed by atoms with E-state index in [9.17, 15) is 22.8 Å². The van der Waals surface area contributed by atoms with Gasteiger partial charge in [0.1, 0.15) is 18.2 Å². The predicted octanol–water partition coefficient (Wildman–Crippen LogP) is 4.03. The van der Waals surface area contributed by atoms with E-state index >= 15 is 0 Å². The lowest BCUT2D eigenvalue weighted by atomic mass is 10.0. The van der Waals surface area contributed by atoms with E-state index in [-0.39, 0.29) is 11.7 Å². The van der Waals surface area contributed by atoms with Crippen molar-refractivity contribution in [1.82, 2.24) is 20.3 Å². The number of hydrogen-bond acceptors (Lipinski definition) is 5. The number of aromatic amines is 1. The Balaban J connectivity index is 2.03. The molecule has 0 aromatic carbocycles. The summed E-state index contributed by atoms with van der Waals surface area (Å²) in [5, 5.41) is 6.05. The number of carbonyl (C=O) groups is 2. The van der Waals surface area contributed by atoms with Gasteiger partial charge in [0.15, 0.2) is 0 Å². The number of aromatic nitrogens is 3. The highest BCUT2D eigenvalue weighted by atomic mass is 19.4. The molecule has 0 saturated heterocycles. The second-order valence-electron chi connectivity index (χ2n) is 8.84. The third-order valence-electron chi connectivity index (χ3n) is 5.18. The average Bonchev–Trinajstić information content (AvgIpc) is 3.14. The Hall–Kier alpha value is -3.83. The molecule has 0 aliphatic heterocycles. The molecule has 3 amide bonds. The number of nitrogens with two attached hydrogens (primary N) is 1. The molecule has 1 atom stereocenters. The highest BCUT2D eigenvalue weighted by Gasteiger charge is 2.37. The predicted molar refractivity (Wildman–Crippen MR) is 128 cm³/mol. The van der Waals surface area contributed by atoms with Crippen molar-refractivity contribution in [2.75, 3.05) is 16.8 Å². The van der Waals surface area contributed by atoms with Crippen LogP contribution < -0.4 is 21.3 Å². The molecule has 9 nitrogen and oxygen atoms in total. The summed E-state index contributed by atoms with van der Waals surface area (Å²) >= 11 is 0. The first kappa shape index (κ1) is 25.8. The first-order chi connectivity index (χ1) is 16.4. The lowest BCUT2D eigenvalue weighted by Gasteiger charge is -2.34. The molecule has 188 valence electrons. The van der Waals surface area contributed by atoms with Gasteiger partial charge in [-0.15, -0.1) is 0 Å². The number of fused-ring (bicyclic) bond motifs is 1. The fraction of sp³-hybridized carbons (Fsp3) is 0.391. The molecule has 0 unspecified atom stereocenters. The van der Waals surface area contributed by atoms with E-state index in [0.29, 0.717) is 27.8 Å². The van der Waals surface area contributed by atoms with Gasteiger partial charge in [0, 0.05) is 34.9 Å². The number of nitrogens with one attached hydrogen (secondary N) is 3. The number of pyridine rings is 2. The molecule has 0 saturated carbocycles. The van der Waals surface area contributed by atoms with Crippen LogP contribution in [0.3, 0.4) is 0 Å². The van der Waals surface area contributed by atoms with Gasteiger partial charge in [-0.05, 0) is 31.9 Å². The molecule has 35 heavy (non-hydrogen) atoms. The summed E-state index contributed by atoms with van der Waals surface area (Å²) in [6.07, 6.45) is 1.34. The molecule has 0 aliphatic carbocycles. The van der Waals surface area contributed by atoms with Crippen molar-refractivity contribution >= 4 is 34.3 Å². The van der Waals surface area contributed by atoms with Gasteiger partial charge in [-0.3, -0.25) is 9.78 Å².